The topological polar surface area (TPSA) is 56.2 Å². The predicted molar refractivity (Wildman–Crippen MR) is 111 cm³/mol. The number of carbonyl (C=O) groups excluding carboxylic acids is 1. The van der Waals surface area contributed by atoms with E-state index in [-0.39, 0.29) is 5.91 Å². The maximum absolute atomic E-state index is 12.2. The summed E-state index contributed by atoms with van der Waals surface area (Å²) in [7, 11) is 0. The highest BCUT2D eigenvalue weighted by atomic mass is 35.5. The Morgan fingerprint density at radius 2 is 1.93 bits per heavy atom. The van der Waals surface area contributed by atoms with E-state index in [2.05, 4.69) is 10.4 Å². The van der Waals surface area contributed by atoms with Crippen molar-refractivity contribution in [1.82, 2.24) is 15.1 Å². The summed E-state index contributed by atoms with van der Waals surface area (Å²) >= 11 is 6.02. The SMILES string of the molecule is Cc1ccn(CCCNC(=O)c2ccc(COc3ccc(Cl)c(C)c3)cc2)n1. The smallest absolute Gasteiger partial charge is 0.251 e. The fraction of sp³-hybridized carbons (Fsp3) is 0.273. The van der Waals surface area contributed by atoms with Crippen LogP contribution in [0.4, 0.5) is 0 Å². The second-order valence-corrected chi connectivity index (χ2v) is 7.13. The molecule has 0 saturated carbocycles. The van der Waals surface area contributed by atoms with Crippen molar-refractivity contribution >= 4 is 17.5 Å². The van der Waals surface area contributed by atoms with Crippen molar-refractivity contribution in [3.05, 3.63) is 82.1 Å². The molecule has 0 bridgehead atoms. The summed E-state index contributed by atoms with van der Waals surface area (Å²) in [6, 6.07) is 15.0. The zero-order chi connectivity index (χ0) is 19.9. The Hall–Kier alpha value is -2.79. The summed E-state index contributed by atoms with van der Waals surface area (Å²) in [6.07, 6.45) is 2.78. The first-order valence-electron chi connectivity index (χ1n) is 9.27. The predicted octanol–water partition coefficient (Wildman–Crippen LogP) is 4.55. The second-order valence-electron chi connectivity index (χ2n) is 6.73. The van der Waals surface area contributed by atoms with E-state index in [0.29, 0.717) is 18.7 Å². The lowest BCUT2D eigenvalue weighted by Crippen LogP contribution is -2.25. The maximum Gasteiger partial charge on any atom is 0.251 e. The van der Waals surface area contributed by atoms with Gasteiger partial charge in [0.05, 0.1) is 5.69 Å². The maximum atomic E-state index is 12.2. The van der Waals surface area contributed by atoms with Gasteiger partial charge in [0, 0.05) is 29.9 Å². The highest BCUT2D eigenvalue weighted by molar-refractivity contribution is 6.31. The Kier molecular flexibility index (Phi) is 6.71. The van der Waals surface area contributed by atoms with Crippen LogP contribution in [-0.4, -0.2) is 22.2 Å². The molecule has 3 rings (SSSR count). The zero-order valence-electron chi connectivity index (χ0n) is 16.1. The molecule has 1 heterocycles. The monoisotopic (exact) mass is 397 g/mol. The Morgan fingerprint density at radius 1 is 1.14 bits per heavy atom. The number of benzene rings is 2. The van der Waals surface area contributed by atoms with Gasteiger partial charge in [0.15, 0.2) is 0 Å². The largest absolute Gasteiger partial charge is 0.489 e. The summed E-state index contributed by atoms with van der Waals surface area (Å²) in [5.41, 5.74) is 3.62. The molecule has 6 heteroatoms. The van der Waals surface area contributed by atoms with Gasteiger partial charge in [-0.05, 0) is 67.8 Å². The van der Waals surface area contributed by atoms with Crippen LogP contribution in [0.15, 0.2) is 54.7 Å². The van der Waals surface area contributed by atoms with Crippen LogP contribution in [-0.2, 0) is 13.2 Å². The molecule has 1 amide bonds. The van der Waals surface area contributed by atoms with E-state index in [1.54, 1.807) is 0 Å². The van der Waals surface area contributed by atoms with Crippen molar-refractivity contribution in [1.29, 1.82) is 0 Å². The minimum absolute atomic E-state index is 0.0718. The number of carbonyl (C=O) groups is 1. The molecule has 0 aliphatic heterocycles. The first-order valence-corrected chi connectivity index (χ1v) is 9.65. The van der Waals surface area contributed by atoms with Gasteiger partial charge in [-0.3, -0.25) is 9.48 Å². The van der Waals surface area contributed by atoms with Gasteiger partial charge in [-0.1, -0.05) is 23.7 Å². The number of ether oxygens (including phenoxy) is 1. The third-order valence-corrected chi connectivity index (χ3v) is 4.80. The number of aryl methyl sites for hydroxylation is 3. The summed E-state index contributed by atoms with van der Waals surface area (Å²) in [5.74, 6) is 0.702. The summed E-state index contributed by atoms with van der Waals surface area (Å²) < 4.78 is 7.67. The Labute approximate surface area is 170 Å². The molecule has 146 valence electrons. The van der Waals surface area contributed by atoms with Crippen LogP contribution in [0.1, 0.15) is 33.6 Å². The van der Waals surface area contributed by atoms with E-state index in [9.17, 15) is 4.79 Å². The van der Waals surface area contributed by atoms with Crippen LogP contribution in [0.3, 0.4) is 0 Å². The van der Waals surface area contributed by atoms with E-state index in [1.165, 1.54) is 0 Å². The Bertz CT molecular complexity index is 935. The van der Waals surface area contributed by atoms with Crippen molar-refractivity contribution in [3.63, 3.8) is 0 Å². The molecule has 28 heavy (non-hydrogen) atoms. The Balaban J connectivity index is 1.43. The van der Waals surface area contributed by atoms with Crippen LogP contribution in [0.5, 0.6) is 5.75 Å². The first kappa shape index (κ1) is 20.0. The van der Waals surface area contributed by atoms with Gasteiger partial charge in [0.2, 0.25) is 0 Å². The number of nitrogens with zero attached hydrogens (tertiary/aromatic N) is 2. The van der Waals surface area contributed by atoms with Crippen LogP contribution in [0.25, 0.3) is 0 Å². The molecule has 1 N–H and O–H groups in total. The van der Waals surface area contributed by atoms with Crippen molar-refractivity contribution in [2.45, 2.75) is 33.4 Å². The fourth-order valence-electron chi connectivity index (χ4n) is 2.76. The summed E-state index contributed by atoms with van der Waals surface area (Å²) in [4.78, 5) is 12.2. The number of hydrogen-bond acceptors (Lipinski definition) is 3. The van der Waals surface area contributed by atoms with Crippen LogP contribution >= 0.6 is 11.6 Å². The van der Waals surface area contributed by atoms with E-state index in [1.807, 2.05) is 73.3 Å². The van der Waals surface area contributed by atoms with Crippen LogP contribution in [0, 0.1) is 13.8 Å². The van der Waals surface area contributed by atoms with E-state index in [0.717, 1.165) is 40.6 Å². The van der Waals surface area contributed by atoms with Gasteiger partial charge in [0.25, 0.3) is 5.91 Å². The quantitative estimate of drug-likeness (QED) is 0.567. The molecule has 2 aromatic carbocycles. The summed E-state index contributed by atoms with van der Waals surface area (Å²) in [5, 5.41) is 7.99. The van der Waals surface area contributed by atoms with Gasteiger partial charge in [-0.25, -0.2) is 0 Å². The van der Waals surface area contributed by atoms with Crippen molar-refractivity contribution in [2.75, 3.05) is 6.54 Å². The molecule has 1 aromatic heterocycles. The number of halogens is 1. The molecule has 0 unspecified atom stereocenters. The Morgan fingerprint density at radius 3 is 2.61 bits per heavy atom. The molecule has 0 atom stereocenters. The van der Waals surface area contributed by atoms with Gasteiger partial charge in [-0.15, -0.1) is 0 Å². The summed E-state index contributed by atoms with van der Waals surface area (Å²) in [6.45, 7) is 5.74. The van der Waals surface area contributed by atoms with Crippen molar-refractivity contribution in [3.8, 4) is 5.75 Å². The molecule has 3 aromatic rings. The average molecular weight is 398 g/mol. The number of aromatic nitrogens is 2. The minimum Gasteiger partial charge on any atom is -0.489 e. The molecule has 0 aliphatic rings. The molecular weight excluding hydrogens is 374 g/mol. The lowest BCUT2D eigenvalue weighted by Gasteiger charge is -2.09. The van der Waals surface area contributed by atoms with Gasteiger partial charge >= 0.3 is 0 Å². The molecular formula is C22H24ClN3O2. The molecule has 0 radical (unpaired) electrons. The first-order chi connectivity index (χ1) is 13.5. The molecule has 0 fully saturated rings. The number of nitrogens with one attached hydrogen (secondary N) is 1. The average Bonchev–Trinajstić information content (AvgIpc) is 3.11. The van der Waals surface area contributed by atoms with Gasteiger partial charge < -0.3 is 10.1 Å². The molecule has 0 aliphatic carbocycles. The lowest BCUT2D eigenvalue weighted by atomic mass is 10.1. The van der Waals surface area contributed by atoms with Crippen LogP contribution in [0.2, 0.25) is 5.02 Å². The highest BCUT2D eigenvalue weighted by Gasteiger charge is 2.06. The van der Waals surface area contributed by atoms with E-state index in [4.69, 9.17) is 16.3 Å². The normalized spacial score (nSPS) is 10.7. The third kappa shape index (κ3) is 5.60. The number of amides is 1. The van der Waals surface area contributed by atoms with Crippen molar-refractivity contribution < 1.29 is 9.53 Å². The standard InChI is InChI=1S/C22H24ClN3O2/c1-16-14-20(8-9-21(16)23)28-15-18-4-6-19(7-5-18)22(27)24-11-3-12-26-13-10-17(2)25-26/h4-10,13-14H,3,11-12,15H2,1-2H3,(H,24,27). The third-order valence-electron chi connectivity index (χ3n) is 4.37. The number of rotatable bonds is 8. The molecule has 0 spiro atoms. The highest BCUT2D eigenvalue weighted by Crippen LogP contribution is 2.21. The van der Waals surface area contributed by atoms with Crippen molar-refractivity contribution in [2.24, 2.45) is 0 Å². The van der Waals surface area contributed by atoms with Crippen LogP contribution < -0.4 is 10.1 Å². The minimum atomic E-state index is -0.0718. The van der Waals surface area contributed by atoms with Gasteiger partial charge in [-0.2, -0.15) is 5.10 Å². The zero-order valence-corrected chi connectivity index (χ0v) is 16.9. The second kappa shape index (κ2) is 9.42. The lowest BCUT2D eigenvalue weighted by molar-refractivity contribution is 0.0952. The number of hydrogen-bond donors (Lipinski definition) is 1. The van der Waals surface area contributed by atoms with E-state index >= 15 is 0 Å². The van der Waals surface area contributed by atoms with E-state index < -0.39 is 0 Å². The molecule has 5 nitrogen and oxygen atoms in total. The van der Waals surface area contributed by atoms with Gasteiger partial charge in [0.1, 0.15) is 12.4 Å². The molecule has 0 saturated heterocycles. The fourth-order valence-corrected chi connectivity index (χ4v) is 2.88.